The van der Waals surface area contributed by atoms with E-state index in [4.69, 9.17) is 5.73 Å². The van der Waals surface area contributed by atoms with Gasteiger partial charge in [-0.05, 0) is 24.6 Å². The molecule has 0 amide bonds. The summed E-state index contributed by atoms with van der Waals surface area (Å²) in [6.45, 7) is 2.82. The lowest BCUT2D eigenvalue weighted by Crippen LogP contribution is -2.20. The summed E-state index contributed by atoms with van der Waals surface area (Å²) in [7, 11) is 0. The van der Waals surface area contributed by atoms with Crippen LogP contribution in [-0.2, 0) is 13.0 Å². The molecule has 1 unspecified atom stereocenters. The third-order valence-corrected chi connectivity index (χ3v) is 2.41. The minimum absolute atomic E-state index is 0.138. The van der Waals surface area contributed by atoms with Crippen molar-refractivity contribution in [3.8, 4) is 0 Å². The third kappa shape index (κ3) is 2.67. The number of hydrogen-bond acceptors (Lipinski definition) is 3. The Morgan fingerprint density at radius 2 is 2.06 bits per heavy atom. The van der Waals surface area contributed by atoms with Crippen LogP contribution in [0.15, 0.2) is 36.9 Å². The van der Waals surface area contributed by atoms with Crippen LogP contribution in [0.2, 0.25) is 0 Å². The fourth-order valence-electron chi connectivity index (χ4n) is 1.65. The first-order valence-electron chi connectivity index (χ1n) is 5.40. The van der Waals surface area contributed by atoms with Crippen LogP contribution in [-0.4, -0.2) is 20.6 Å². The molecule has 0 aromatic carbocycles. The van der Waals surface area contributed by atoms with Crippen molar-refractivity contribution in [2.24, 2.45) is 5.73 Å². The highest BCUT2D eigenvalue weighted by atomic mass is 15.1. The minimum atomic E-state index is 0.138. The van der Waals surface area contributed by atoms with Gasteiger partial charge in [0, 0.05) is 43.8 Å². The first kappa shape index (κ1) is 10.8. The number of imidazole rings is 1. The topological polar surface area (TPSA) is 56.7 Å². The molecule has 0 bridgehead atoms. The summed E-state index contributed by atoms with van der Waals surface area (Å²) in [5, 5.41) is 0. The maximum atomic E-state index is 5.78. The van der Waals surface area contributed by atoms with Crippen molar-refractivity contribution in [2.75, 3.05) is 0 Å². The number of nitrogens with zero attached hydrogens (tertiary/aromatic N) is 3. The van der Waals surface area contributed by atoms with Crippen molar-refractivity contribution >= 4 is 0 Å². The zero-order valence-corrected chi connectivity index (χ0v) is 9.37. The molecule has 0 aliphatic heterocycles. The van der Waals surface area contributed by atoms with E-state index in [9.17, 15) is 0 Å². The van der Waals surface area contributed by atoms with Gasteiger partial charge >= 0.3 is 0 Å². The second-order valence-corrected chi connectivity index (χ2v) is 4.01. The second-order valence-electron chi connectivity index (χ2n) is 4.01. The van der Waals surface area contributed by atoms with E-state index < -0.39 is 0 Å². The molecule has 2 N–H and O–H groups in total. The van der Waals surface area contributed by atoms with Gasteiger partial charge in [0.2, 0.25) is 0 Å². The van der Waals surface area contributed by atoms with Crippen molar-refractivity contribution in [3.05, 3.63) is 48.3 Å². The molecule has 0 aliphatic carbocycles. The Hall–Kier alpha value is -1.68. The molecular weight excluding hydrogens is 200 g/mol. The highest BCUT2D eigenvalue weighted by molar-refractivity contribution is 5.11. The molecule has 2 aromatic heterocycles. The monoisotopic (exact) mass is 216 g/mol. The van der Waals surface area contributed by atoms with E-state index in [0.29, 0.717) is 0 Å². The van der Waals surface area contributed by atoms with Gasteiger partial charge < -0.3 is 10.3 Å². The predicted molar refractivity (Wildman–Crippen MR) is 62.9 cm³/mol. The van der Waals surface area contributed by atoms with Crippen molar-refractivity contribution in [2.45, 2.75) is 25.9 Å². The van der Waals surface area contributed by atoms with Crippen LogP contribution >= 0.6 is 0 Å². The molecule has 4 nitrogen and oxygen atoms in total. The van der Waals surface area contributed by atoms with E-state index >= 15 is 0 Å². The van der Waals surface area contributed by atoms with Crippen LogP contribution in [0.25, 0.3) is 0 Å². The van der Waals surface area contributed by atoms with Crippen molar-refractivity contribution in [3.63, 3.8) is 0 Å². The number of hydrogen-bond donors (Lipinski definition) is 1. The number of pyridine rings is 1. The Morgan fingerprint density at radius 3 is 2.75 bits per heavy atom. The van der Waals surface area contributed by atoms with E-state index in [1.807, 2.05) is 31.5 Å². The predicted octanol–water partition coefficient (Wildman–Crippen LogP) is 1.22. The highest BCUT2D eigenvalue weighted by Crippen LogP contribution is 2.06. The van der Waals surface area contributed by atoms with Crippen molar-refractivity contribution < 1.29 is 0 Å². The van der Waals surface area contributed by atoms with Gasteiger partial charge in [-0.25, -0.2) is 4.98 Å². The normalized spacial score (nSPS) is 12.6. The highest BCUT2D eigenvalue weighted by Gasteiger charge is 2.05. The third-order valence-electron chi connectivity index (χ3n) is 2.41. The summed E-state index contributed by atoms with van der Waals surface area (Å²) in [6.07, 6.45) is 8.21. The van der Waals surface area contributed by atoms with Gasteiger partial charge in [-0.1, -0.05) is 0 Å². The molecule has 16 heavy (non-hydrogen) atoms. The Bertz CT molecular complexity index is 433. The lowest BCUT2D eigenvalue weighted by Gasteiger charge is -2.09. The summed E-state index contributed by atoms with van der Waals surface area (Å²) in [4.78, 5) is 8.32. The lowest BCUT2D eigenvalue weighted by molar-refractivity contribution is 0.648. The zero-order chi connectivity index (χ0) is 11.4. The van der Waals surface area contributed by atoms with E-state index in [0.717, 1.165) is 18.8 Å². The van der Waals surface area contributed by atoms with Gasteiger partial charge in [0.15, 0.2) is 0 Å². The molecule has 0 radical (unpaired) electrons. The van der Waals surface area contributed by atoms with E-state index in [2.05, 4.69) is 14.5 Å². The van der Waals surface area contributed by atoms with E-state index in [1.54, 1.807) is 12.4 Å². The molecule has 1 atom stereocenters. The average molecular weight is 216 g/mol. The Kier molecular flexibility index (Phi) is 3.31. The number of nitrogens with two attached hydrogens (primary N) is 1. The summed E-state index contributed by atoms with van der Waals surface area (Å²) < 4.78 is 2.12. The quantitative estimate of drug-likeness (QED) is 0.836. The van der Waals surface area contributed by atoms with Gasteiger partial charge in [-0.3, -0.25) is 4.98 Å². The fourth-order valence-corrected chi connectivity index (χ4v) is 1.65. The molecule has 0 saturated heterocycles. The summed E-state index contributed by atoms with van der Waals surface area (Å²) in [5.74, 6) is 1.03. The Labute approximate surface area is 95.1 Å². The Morgan fingerprint density at radius 1 is 1.31 bits per heavy atom. The molecule has 0 saturated carbocycles. The van der Waals surface area contributed by atoms with Crippen LogP contribution in [0.1, 0.15) is 18.3 Å². The maximum absolute atomic E-state index is 5.78. The summed E-state index contributed by atoms with van der Waals surface area (Å²) in [5.41, 5.74) is 7.00. The van der Waals surface area contributed by atoms with Gasteiger partial charge in [-0.15, -0.1) is 0 Å². The molecule has 0 aliphatic rings. The molecule has 2 heterocycles. The van der Waals surface area contributed by atoms with Crippen LogP contribution in [0.5, 0.6) is 0 Å². The number of rotatable bonds is 4. The van der Waals surface area contributed by atoms with Gasteiger partial charge in [0.1, 0.15) is 5.82 Å². The molecule has 4 heteroatoms. The van der Waals surface area contributed by atoms with Gasteiger partial charge in [0.05, 0.1) is 0 Å². The second kappa shape index (κ2) is 4.90. The molecule has 2 aromatic rings. The van der Waals surface area contributed by atoms with E-state index in [-0.39, 0.29) is 6.04 Å². The molecular formula is C12H16N4. The zero-order valence-electron chi connectivity index (χ0n) is 9.37. The maximum Gasteiger partial charge on any atom is 0.110 e. The number of aromatic nitrogens is 3. The van der Waals surface area contributed by atoms with Crippen molar-refractivity contribution in [1.29, 1.82) is 0 Å². The molecule has 84 valence electrons. The van der Waals surface area contributed by atoms with Crippen LogP contribution in [0.4, 0.5) is 0 Å². The van der Waals surface area contributed by atoms with Gasteiger partial charge in [-0.2, -0.15) is 0 Å². The standard InChI is InChI=1S/C12H16N4/c1-10(13)8-12-15-6-7-16(12)9-11-2-4-14-5-3-11/h2-7,10H,8-9,13H2,1H3. The van der Waals surface area contributed by atoms with Crippen LogP contribution in [0, 0.1) is 0 Å². The molecule has 0 spiro atoms. The smallest absolute Gasteiger partial charge is 0.110 e. The lowest BCUT2D eigenvalue weighted by atomic mass is 10.2. The van der Waals surface area contributed by atoms with Gasteiger partial charge in [0.25, 0.3) is 0 Å². The van der Waals surface area contributed by atoms with Crippen LogP contribution < -0.4 is 5.73 Å². The summed E-state index contributed by atoms with van der Waals surface area (Å²) in [6, 6.07) is 4.16. The average Bonchev–Trinajstić information content (AvgIpc) is 2.66. The first-order valence-corrected chi connectivity index (χ1v) is 5.40. The van der Waals surface area contributed by atoms with Crippen LogP contribution in [0.3, 0.4) is 0 Å². The Balaban J connectivity index is 2.13. The first-order chi connectivity index (χ1) is 7.75. The fraction of sp³-hybridized carbons (Fsp3) is 0.333. The summed E-state index contributed by atoms with van der Waals surface area (Å²) >= 11 is 0. The molecule has 2 rings (SSSR count). The molecule has 0 fully saturated rings. The van der Waals surface area contributed by atoms with Crippen molar-refractivity contribution in [1.82, 2.24) is 14.5 Å². The SMILES string of the molecule is CC(N)Cc1nccn1Cc1ccncc1. The minimum Gasteiger partial charge on any atom is -0.330 e. The van der Waals surface area contributed by atoms with E-state index in [1.165, 1.54) is 5.56 Å². The largest absolute Gasteiger partial charge is 0.330 e.